The van der Waals surface area contributed by atoms with Crippen LogP contribution in [0, 0.1) is 0 Å². The molecule has 1 unspecified atom stereocenters. The van der Waals surface area contributed by atoms with E-state index in [2.05, 4.69) is 13.8 Å². The lowest BCUT2D eigenvalue weighted by molar-refractivity contribution is -0.152. The number of carboxylic acid groups (broad SMARTS) is 2. The Morgan fingerprint density at radius 3 is 1.06 bits per heavy atom. The number of hydrogen-bond donors (Lipinski definition) is 5. The molecule has 0 fully saturated rings. The van der Waals surface area contributed by atoms with Crippen LogP contribution in [0.2, 0.25) is 0 Å². The Bertz CT molecular complexity index is 328. The average molecular weight is 451 g/mol. The van der Waals surface area contributed by atoms with Crippen molar-refractivity contribution >= 4 is 11.9 Å². The van der Waals surface area contributed by atoms with Crippen LogP contribution in [0.1, 0.15) is 123 Å². The SMILES string of the molecule is CCCCCCCCCCO.CCCCCCCCCCO.O=C(O)CC(O)C(=O)O. The highest BCUT2D eigenvalue weighted by Crippen LogP contribution is 2.08. The second-order valence-corrected chi connectivity index (χ2v) is 7.85. The fraction of sp³-hybridized carbons (Fsp3) is 0.917. The molecule has 1 atom stereocenters. The van der Waals surface area contributed by atoms with Crippen LogP contribution in [-0.4, -0.2) is 56.8 Å². The third-order valence-electron chi connectivity index (χ3n) is 4.68. The second kappa shape index (κ2) is 31.0. The van der Waals surface area contributed by atoms with E-state index in [1.807, 2.05) is 0 Å². The molecule has 31 heavy (non-hydrogen) atoms. The van der Waals surface area contributed by atoms with E-state index in [-0.39, 0.29) is 0 Å². The fourth-order valence-electron chi connectivity index (χ4n) is 2.74. The molecule has 0 radical (unpaired) electrons. The summed E-state index contributed by atoms with van der Waals surface area (Å²) in [4.78, 5) is 19.4. The average Bonchev–Trinajstić information content (AvgIpc) is 2.73. The quantitative estimate of drug-likeness (QED) is 0.172. The predicted molar refractivity (Wildman–Crippen MR) is 125 cm³/mol. The van der Waals surface area contributed by atoms with E-state index in [4.69, 9.17) is 25.5 Å². The van der Waals surface area contributed by atoms with Crippen molar-refractivity contribution in [2.75, 3.05) is 13.2 Å². The number of carbonyl (C=O) groups is 2. The molecule has 0 aliphatic carbocycles. The van der Waals surface area contributed by atoms with E-state index >= 15 is 0 Å². The van der Waals surface area contributed by atoms with Gasteiger partial charge in [-0.15, -0.1) is 0 Å². The summed E-state index contributed by atoms with van der Waals surface area (Å²) in [6.07, 6.45) is 18.2. The molecule has 0 aromatic carbocycles. The van der Waals surface area contributed by atoms with Crippen molar-refractivity contribution in [1.82, 2.24) is 0 Å². The zero-order valence-corrected chi connectivity index (χ0v) is 20.1. The van der Waals surface area contributed by atoms with Crippen LogP contribution in [0.4, 0.5) is 0 Å². The van der Waals surface area contributed by atoms with Gasteiger partial charge < -0.3 is 25.5 Å². The third-order valence-corrected chi connectivity index (χ3v) is 4.68. The lowest BCUT2D eigenvalue weighted by atomic mass is 10.1. The summed E-state index contributed by atoms with van der Waals surface area (Å²) in [5.41, 5.74) is 0. The van der Waals surface area contributed by atoms with Gasteiger partial charge in [-0.3, -0.25) is 4.79 Å². The molecular weight excluding hydrogens is 400 g/mol. The summed E-state index contributed by atoms with van der Waals surface area (Å²) in [6, 6.07) is 0. The van der Waals surface area contributed by atoms with E-state index in [1.165, 1.54) is 89.9 Å². The second-order valence-electron chi connectivity index (χ2n) is 7.85. The minimum absolute atomic E-state index is 0.370. The summed E-state index contributed by atoms with van der Waals surface area (Å²) in [6.45, 7) is 5.22. The Hall–Kier alpha value is -1.18. The van der Waals surface area contributed by atoms with Crippen molar-refractivity contribution in [2.45, 2.75) is 129 Å². The lowest BCUT2D eigenvalue weighted by Gasteiger charge is -1.98. The molecule has 0 aromatic heterocycles. The van der Waals surface area contributed by atoms with Crippen molar-refractivity contribution in [3.63, 3.8) is 0 Å². The van der Waals surface area contributed by atoms with E-state index in [1.54, 1.807) is 0 Å². The largest absolute Gasteiger partial charge is 0.481 e. The highest BCUT2D eigenvalue weighted by molar-refractivity contribution is 5.79. The van der Waals surface area contributed by atoms with Crippen molar-refractivity contribution in [3.05, 3.63) is 0 Å². The van der Waals surface area contributed by atoms with Gasteiger partial charge in [0, 0.05) is 13.2 Å². The first-order valence-electron chi connectivity index (χ1n) is 12.2. The van der Waals surface area contributed by atoms with Crippen molar-refractivity contribution < 1.29 is 35.1 Å². The van der Waals surface area contributed by atoms with Crippen LogP contribution in [0.3, 0.4) is 0 Å². The third kappa shape index (κ3) is 39.8. The van der Waals surface area contributed by atoms with Crippen molar-refractivity contribution in [3.8, 4) is 0 Å². The monoisotopic (exact) mass is 450 g/mol. The molecule has 0 bridgehead atoms. The molecule has 0 aliphatic heterocycles. The number of aliphatic carboxylic acids is 2. The Kier molecular flexibility index (Phi) is 34.4. The molecule has 0 saturated carbocycles. The van der Waals surface area contributed by atoms with Crippen molar-refractivity contribution in [2.24, 2.45) is 0 Å². The molecule has 0 amide bonds. The van der Waals surface area contributed by atoms with E-state index in [0.717, 1.165) is 12.8 Å². The first-order chi connectivity index (χ1) is 14.9. The number of carboxylic acids is 2. The molecule has 7 nitrogen and oxygen atoms in total. The molecule has 0 saturated heterocycles. The molecule has 188 valence electrons. The molecule has 5 N–H and O–H groups in total. The van der Waals surface area contributed by atoms with E-state index < -0.39 is 24.5 Å². The number of unbranched alkanes of at least 4 members (excludes halogenated alkanes) is 14. The Morgan fingerprint density at radius 1 is 0.581 bits per heavy atom. The standard InChI is InChI=1S/2C10H22O.C4H6O5/c2*1-2-3-4-5-6-7-8-9-10-11;5-2(4(8)9)1-3(6)7/h2*11H,2-10H2,1H3;2,5H,1H2,(H,6,7)(H,8,9). The van der Waals surface area contributed by atoms with Crippen LogP contribution in [-0.2, 0) is 9.59 Å². The van der Waals surface area contributed by atoms with Gasteiger partial charge in [0.2, 0.25) is 0 Å². The lowest BCUT2D eigenvalue weighted by Crippen LogP contribution is -2.22. The van der Waals surface area contributed by atoms with Gasteiger partial charge in [0.05, 0.1) is 6.42 Å². The maximum absolute atomic E-state index is 9.72. The van der Waals surface area contributed by atoms with E-state index in [9.17, 15) is 9.59 Å². The van der Waals surface area contributed by atoms with E-state index in [0.29, 0.717) is 13.2 Å². The molecule has 7 heteroatoms. The van der Waals surface area contributed by atoms with Gasteiger partial charge in [0.25, 0.3) is 0 Å². The summed E-state index contributed by atoms with van der Waals surface area (Å²) in [7, 11) is 0. The first-order valence-corrected chi connectivity index (χ1v) is 12.2. The zero-order valence-electron chi connectivity index (χ0n) is 20.1. The minimum atomic E-state index is -1.79. The molecule has 0 spiro atoms. The highest BCUT2D eigenvalue weighted by Gasteiger charge is 2.16. The maximum atomic E-state index is 9.72. The molecule has 0 aromatic rings. The fourth-order valence-corrected chi connectivity index (χ4v) is 2.74. The van der Waals surface area contributed by atoms with Gasteiger partial charge in [-0.2, -0.15) is 0 Å². The highest BCUT2D eigenvalue weighted by atomic mass is 16.4. The van der Waals surface area contributed by atoms with Gasteiger partial charge in [0.1, 0.15) is 0 Å². The number of hydrogen-bond acceptors (Lipinski definition) is 5. The topological polar surface area (TPSA) is 135 Å². The van der Waals surface area contributed by atoms with Crippen LogP contribution >= 0.6 is 0 Å². The van der Waals surface area contributed by atoms with Crippen molar-refractivity contribution in [1.29, 1.82) is 0 Å². The van der Waals surface area contributed by atoms with Gasteiger partial charge in [-0.25, -0.2) is 4.79 Å². The summed E-state index contributed by atoms with van der Waals surface area (Å²) < 4.78 is 0. The van der Waals surface area contributed by atoms with Gasteiger partial charge >= 0.3 is 11.9 Å². The number of aliphatic hydroxyl groups excluding tert-OH is 3. The number of rotatable bonds is 19. The first kappa shape index (κ1) is 34.4. The van der Waals surface area contributed by atoms with Crippen LogP contribution in [0.5, 0.6) is 0 Å². The molecular formula is C24H50O7. The summed E-state index contributed by atoms with van der Waals surface area (Å²) in [5, 5.41) is 41.2. The Labute approximate surface area is 189 Å². The smallest absolute Gasteiger partial charge is 0.333 e. The van der Waals surface area contributed by atoms with Gasteiger partial charge in [0.15, 0.2) is 6.10 Å². The summed E-state index contributed by atoms with van der Waals surface area (Å²) >= 11 is 0. The number of aliphatic hydroxyl groups is 3. The van der Waals surface area contributed by atoms with Gasteiger partial charge in [-0.1, -0.05) is 104 Å². The molecule has 0 heterocycles. The Balaban J connectivity index is -0.000000382. The summed E-state index contributed by atoms with van der Waals surface area (Å²) in [5.74, 6) is -2.85. The minimum Gasteiger partial charge on any atom is -0.481 e. The predicted octanol–water partition coefficient (Wildman–Crippen LogP) is 5.15. The molecule has 0 aliphatic rings. The van der Waals surface area contributed by atoms with Crippen LogP contribution in [0.25, 0.3) is 0 Å². The molecule has 0 rings (SSSR count). The van der Waals surface area contributed by atoms with Gasteiger partial charge in [-0.05, 0) is 12.8 Å². The zero-order chi connectivity index (χ0) is 24.2. The Morgan fingerprint density at radius 2 is 0.871 bits per heavy atom. The van der Waals surface area contributed by atoms with Crippen LogP contribution < -0.4 is 0 Å². The maximum Gasteiger partial charge on any atom is 0.333 e. The normalized spacial score (nSPS) is 11.0. The van der Waals surface area contributed by atoms with Crippen LogP contribution in [0.15, 0.2) is 0 Å².